The molecular formula is C44H50ClN9O6. The van der Waals surface area contributed by atoms with Crippen LogP contribution in [0.15, 0.2) is 48.8 Å². The molecule has 2 N–H and O–H groups in total. The largest absolute Gasteiger partial charge is 0.489 e. The first kappa shape index (κ1) is 41.2. The maximum absolute atomic E-state index is 13.5. The van der Waals surface area contributed by atoms with Crippen molar-refractivity contribution < 1.29 is 28.7 Å². The summed E-state index contributed by atoms with van der Waals surface area (Å²) < 4.78 is 6.37. The number of piperidine rings is 1. The van der Waals surface area contributed by atoms with E-state index in [0.717, 1.165) is 75.7 Å². The van der Waals surface area contributed by atoms with Gasteiger partial charge < -0.3 is 19.9 Å². The van der Waals surface area contributed by atoms with Crippen LogP contribution >= 0.6 is 11.6 Å². The van der Waals surface area contributed by atoms with E-state index in [1.807, 2.05) is 6.07 Å². The molecule has 4 fully saturated rings. The number of imide groups is 2. The maximum atomic E-state index is 13.5. The number of hydrogen-bond acceptors (Lipinski definition) is 12. The van der Waals surface area contributed by atoms with Gasteiger partial charge in [0.05, 0.1) is 27.3 Å². The second-order valence-electron chi connectivity index (χ2n) is 17.8. The Morgan fingerprint density at radius 1 is 0.900 bits per heavy atom. The Balaban J connectivity index is 0.803. The van der Waals surface area contributed by atoms with Crippen LogP contribution in [0.1, 0.15) is 96.4 Å². The first-order valence-corrected chi connectivity index (χ1v) is 21.1. The van der Waals surface area contributed by atoms with E-state index in [2.05, 4.69) is 69.1 Å². The molecule has 0 spiro atoms. The van der Waals surface area contributed by atoms with E-state index in [1.54, 1.807) is 42.7 Å². The summed E-state index contributed by atoms with van der Waals surface area (Å²) in [4.78, 5) is 81.3. The van der Waals surface area contributed by atoms with Gasteiger partial charge in [0.25, 0.3) is 17.7 Å². The summed E-state index contributed by atoms with van der Waals surface area (Å²) >= 11 is 6.25. The summed E-state index contributed by atoms with van der Waals surface area (Å²) in [5.41, 5.74) is 1.45. The number of benzene rings is 2. The van der Waals surface area contributed by atoms with Crippen LogP contribution in [0, 0.1) is 28.1 Å². The highest BCUT2D eigenvalue weighted by Gasteiger charge is 2.64. The van der Waals surface area contributed by atoms with Gasteiger partial charge in [0.2, 0.25) is 17.8 Å². The fourth-order valence-corrected chi connectivity index (χ4v) is 10.4. The van der Waals surface area contributed by atoms with Crippen molar-refractivity contribution in [2.45, 2.75) is 78.0 Å². The first-order valence-electron chi connectivity index (χ1n) is 20.7. The Morgan fingerprint density at radius 3 is 2.30 bits per heavy atom. The Kier molecular flexibility index (Phi) is 11.1. The van der Waals surface area contributed by atoms with Crippen molar-refractivity contribution in [2.24, 2.45) is 16.7 Å². The number of nitriles is 1. The van der Waals surface area contributed by atoms with E-state index >= 15 is 0 Å². The van der Waals surface area contributed by atoms with E-state index in [9.17, 15) is 29.2 Å². The molecule has 5 heterocycles. The average molecular weight is 836 g/mol. The molecule has 4 aliphatic heterocycles. The van der Waals surface area contributed by atoms with Crippen molar-refractivity contribution in [1.29, 1.82) is 5.26 Å². The van der Waals surface area contributed by atoms with E-state index < -0.39 is 40.5 Å². The Labute approximate surface area is 354 Å². The summed E-state index contributed by atoms with van der Waals surface area (Å²) in [6.45, 7) is 14.2. The number of aromatic nitrogens is 2. The van der Waals surface area contributed by atoms with Gasteiger partial charge in [-0.05, 0) is 61.9 Å². The zero-order chi connectivity index (χ0) is 42.5. The SMILES string of the molecule is CC1(C)C(NC(=O)c2cnc(N3CCCC(CN4CCN(c5ccc6c(c5)C(=O)N(C5CCC(=O)NC5=O)C6=O)CC4)CC3)nc2)C(C)(C)C1Oc1ccc(C#N)c(Cl)c1. The first-order chi connectivity index (χ1) is 28.6. The Hall–Kier alpha value is -5.59. The molecule has 5 aliphatic rings. The molecule has 314 valence electrons. The van der Waals surface area contributed by atoms with Crippen LogP contribution in [-0.2, 0) is 9.59 Å². The molecule has 1 aromatic heterocycles. The lowest BCUT2D eigenvalue weighted by atomic mass is 9.49. The molecule has 0 bridgehead atoms. The molecule has 16 heteroatoms. The summed E-state index contributed by atoms with van der Waals surface area (Å²) in [6, 6.07) is 11.2. The van der Waals surface area contributed by atoms with Gasteiger partial charge in [-0.25, -0.2) is 9.97 Å². The second kappa shape index (κ2) is 16.1. The molecule has 1 saturated carbocycles. The number of carbonyl (C=O) groups is 5. The highest BCUT2D eigenvalue weighted by molar-refractivity contribution is 6.31. The number of rotatable bonds is 9. The van der Waals surface area contributed by atoms with E-state index in [0.29, 0.717) is 39.3 Å². The van der Waals surface area contributed by atoms with Gasteiger partial charge in [-0.15, -0.1) is 0 Å². The van der Waals surface area contributed by atoms with Crippen LogP contribution in [0.5, 0.6) is 5.75 Å². The van der Waals surface area contributed by atoms with Crippen LogP contribution in [0.25, 0.3) is 0 Å². The van der Waals surface area contributed by atoms with Gasteiger partial charge in [0.1, 0.15) is 24.0 Å². The smallest absolute Gasteiger partial charge is 0.262 e. The number of anilines is 2. The third kappa shape index (κ3) is 7.67. The third-order valence-electron chi connectivity index (χ3n) is 13.1. The Bertz CT molecular complexity index is 2250. The summed E-state index contributed by atoms with van der Waals surface area (Å²) in [5.74, 6) is -0.524. The number of amides is 5. The lowest BCUT2D eigenvalue weighted by molar-refractivity contribution is -0.164. The minimum Gasteiger partial charge on any atom is -0.489 e. The normalized spacial score (nSPS) is 25.2. The van der Waals surface area contributed by atoms with Crippen LogP contribution in [0.4, 0.5) is 11.6 Å². The van der Waals surface area contributed by atoms with Gasteiger partial charge in [-0.1, -0.05) is 39.3 Å². The van der Waals surface area contributed by atoms with Crippen LogP contribution < -0.4 is 25.2 Å². The molecule has 3 aromatic rings. The van der Waals surface area contributed by atoms with Crippen LogP contribution in [0.3, 0.4) is 0 Å². The van der Waals surface area contributed by atoms with Gasteiger partial charge >= 0.3 is 0 Å². The van der Waals surface area contributed by atoms with Gasteiger partial charge in [-0.2, -0.15) is 5.26 Å². The molecule has 2 atom stereocenters. The van der Waals surface area contributed by atoms with E-state index in [-0.39, 0.29) is 36.5 Å². The fraction of sp³-hybridized carbons (Fsp3) is 0.500. The molecule has 3 saturated heterocycles. The zero-order valence-electron chi connectivity index (χ0n) is 34.4. The van der Waals surface area contributed by atoms with Crippen molar-refractivity contribution in [3.8, 4) is 11.8 Å². The van der Waals surface area contributed by atoms with Crippen molar-refractivity contribution in [3.05, 3.63) is 76.1 Å². The van der Waals surface area contributed by atoms with Crippen molar-refractivity contribution in [3.63, 3.8) is 0 Å². The monoisotopic (exact) mass is 835 g/mol. The van der Waals surface area contributed by atoms with Gasteiger partial charge in [0.15, 0.2) is 0 Å². The third-order valence-corrected chi connectivity index (χ3v) is 13.5. The van der Waals surface area contributed by atoms with Gasteiger partial charge in [-0.3, -0.25) is 39.1 Å². The number of hydrogen-bond donors (Lipinski definition) is 2. The van der Waals surface area contributed by atoms with E-state index in [1.165, 1.54) is 0 Å². The standard InChI is InChI=1S/C44H50ClN9O6/c1-43(2)40(44(3,4)41(43)60-30-9-7-27(22-46)33(45)21-30)50-36(56)28-23-47-42(48-24-28)53-14-5-6-26(13-15-53)25-51-16-18-52(19-17-51)29-8-10-31-32(20-29)39(59)54(38(31)58)34-11-12-35(55)49-37(34)57/h7-10,20-21,23-24,26,34,40-41H,5-6,11-19,25H2,1-4H3,(H,50,56)(H,49,55,57). The number of carbonyl (C=O) groups excluding carboxylic acids is 5. The van der Waals surface area contributed by atoms with Crippen molar-refractivity contribution in [1.82, 2.24) is 30.4 Å². The predicted octanol–water partition coefficient (Wildman–Crippen LogP) is 4.44. The number of nitrogens with zero attached hydrogens (tertiary/aromatic N) is 7. The highest BCUT2D eigenvalue weighted by atomic mass is 35.5. The molecular weight excluding hydrogens is 786 g/mol. The number of halogens is 1. The number of piperazine rings is 1. The zero-order valence-corrected chi connectivity index (χ0v) is 35.1. The molecule has 8 rings (SSSR count). The molecule has 0 radical (unpaired) electrons. The number of ether oxygens (including phenoxy) is 1. The average Bonchev–Trinajstić information content (AvgIpc) is 3.34. The summed E-state index contributed by atoms with van der Waals surface area (Å²) in [6.07, 6.45) is 6.32. The number of nitrogens with one attached hydrogen (secondary N) is 2. The predicted molar refractivity (Wildman–Crippen MR) is 223 cm³/mol. The lowest BCUT2D eigenvalue weighted by Crippen LogP contribution is -2.74. The molecule has 5 amide bonds. The molecule has 1 aliphatic carbocycles. The van der Waals surface area contributed by atoms with Crippen LogP contribution in [0.2, 0.25) is 5.02 Å². The maximum Gasteiger partial charge on any atom is 0.262 e. The lowest BCUT2D eigenvalue weighted by Gasteiger charge is -2.63. The molecule has 60 heavy (non-hydrogen) atoms. The van der Waals surface area contributed by atoms with Crippen molar-refractivity contribution >= 4 is 52.8 Å². The number of fused-ring (bicyclic) bond motifs is 1. The molecule has 15 nitrogen and oxygen atoms in total. The van der Waals surface area contributed by atoms with E-state index in [4.69, 9.17) is 16.3 Å². The summed E-state index contributed by atoms with van der Waals surface area (Å²) in [7, 11) is 0. The minimum absolute atomic E-state index is 0.0846. The topological polar surface area (TPSA) is 181 Å². The quantitative estimate of drug-likeness (QED) is 0.290. The highest BCUT2D eigenvalue weighted by Crippen LogP contribution is 2.55. The molecule has 2 unspecified atom stereocenters. The fourth-order valence-electron chi connectivity index (χ4n) is 10.2. The second-order valence-corrected chi connectivity index (χ2v) is 18.2. The molecule has 2 aromatic carbocycles. The minimum atomic E-state index is -0.983. The van der Waals surface area contributed by atoms with Crippen molar-refractivity contribution in [2.75, 3.05) is 55.6 Å². The van der Waals surface area contributed by atoms with Gasteiger partial charge in [0, 0.05) is 93.3 Å². The Morgan fingerprint density at radius 2 is 1.62 bits per heavy atom. The summed E-state index contributed by atoms with van der Waals surface area (Å²) in [5, 5.41) is 15.0. The van der Waals surface area contributed by atoms with Crippen LogP contribution in [-0.4, -0.2) is 113 Å².